The van der Waals surface area contributed by atoms with Gasteiger partial charge in [-0.25, -0.2) is 4.98 Å². The Labute approximate surface area is 149 Å². The van der Waals surface area contributed by atoms with E-state index < -0.39 is 0 Å². The molecule has 1 aliphatic heterocycles. The first kappa shape index (κ1) is 15.8. The smallest absolute Gasteiger partial charge is 0.251 e. The lowest BCUT2D eigenvalue weighted by molar-refractivity contribution is 0.0949. The summed E-state index contributed by atoms with van der Waals surface area (Å²) in [6.07, 6.45) is 0.776. The fraction of sp³-hybridized carbons (Fsp3) is 0.222. The summed E-state index contributed by atoms with van der Waals surface area (Å²) in [7, 11) is 0. The molecular weight excluding hydrogens is 342 g/mol. The summed E-state index contributed by atoms with van der Waals surface area (Å²) in [5.41, 5.74) is 2.22. The molecule has 3 aromatic rings. The van der Waals surface area contributed by atoms with Gasteiger partial charge in [-0.15, -0.1) is 0 Å². The highest BCUT2D eigenvalue weighted by atomic mass is 35.5. The molecule has 7 heteroatoms. The van der Waals surface area contributed by atoms with Gasteiger partial charge in [0, 0.05) is 12.0 Å². The van der Waals surface area contributed by atoms with Gasteiger partial charge in [0.05, 0.1) is 35.8 Å². The second kappa shape index (κ2) is 6.64. The molecule has 0 fully saturated rings. The van der Waals surface area contributed by atoms with E-state index in [0.717, 1.165) is 17.5 Å². The molecule has 128 valence electrons. The van der Waals surface area contributed by atoms with Gasteiger partial charge < -0.3 is 19.8 Å². The summed E-state index contributed by atoms with van der Waals surface area (Å²) in [5, 5.41) is 3.21. The number of hydrogen-bond acceptors (Lipinski definition) is 4. The summed E-state index contributed by atoms with van der Waals surface area (Å²) in [6, 6.07) is 11.0. The minimum atomic E-state index is -0.252. The number of rotatable bonds is 3. The lowest BCUT2D eigenvalue weighted by Crippen LogP contribution is -2.23. The monoisotopic (exact) mass is 357 g/mol. The average molecular weight is 358 g/mol. The first-order valence-electron chi connectivity index (χ1n) is 8.02. The van der Waals surface area contributed by atoms with E-state index in [4.69, 9.17) is 21.1 Å². The molecule has 25 heavy (non-hydrogen) atoms. The number of amides is 1. The van der Waals surface area contributed by atoms with Crippen LogP contribution < -0.4 is 14.8 Å². The Hall–Kier alpha value is -2.73. The Morgan fingerprint density at radius 1 is 1.24 bits per heavy atom. The van der Waals surface area contributed by atoms with Crippen molar-refractivity contribution in [3.05, 3.63) is 52.8 Å². The van der Waals surface area contributed by atoms with Crippen LogP contribution in [-0.2, 0) is 6.54 Å². The lowest BCUT2D eigenvalue weighted by atomic mass is 10.2. The third-order valence-corrected chi connectivity index (χ3v) is 4.20. The maximum Gasteiger partial charge on any atom is 0.251 e. The normalized spacial score (nSPS) is 13.5. The molecule has 0 saturated carbocycles. The molecule has 0 unspecified atom stereocenters. The van der Waals surface area contributed by atoms with Gasteiger partial charge in [0.2, 0.25) is 0 Å². The van der Waals surface area contributed by atoms with Crippen molar-refractivity contribution >= 4 is 28.5 Å². The zero-order chi connectivity index (χ0) is 17.2. The predicted molar refractivity (Wildman–Crippen MR) is 94.3 cm³/mol. The summed E-state index contributed by atoms with van der Waals surface area (Å²) >= 11 is 6.23. The zero-order valence-electron chi connectivity index (χ0n) is 13.3. The van der Waals surface area contributed by atoms with E-state index in [0.29, 0.717) is 47.7 Å². The summed E-state index contributed by atoms with van der Waals surface area (Å²) in [6.45, 7) is 1.37. The van der Waals surface area contributed by atoms with Gasteiger partial charge in [-0.2, -0.15) is 0 Å². The lowest BCUT2D eigenvalue weighted by Gasteiger charge is -2.11. The second-order valence-electron chi connectivity index (χ2n) is 5.72. The molecule has 0 bridgehead atoms. The Balaban J connectivity index is 1.51. The number of aromatic amines is 1. The van der Waals surface area contributed by atoms with Crippen molar-refractivity contribution in [2.75, 3.05) is 13.2 Å². The fourth-order valence-electron chi connectivity index (χ4n) is 2.72. The van der Waals surface area contributed by atoms with Crippen LogP contribution in [0.4, 0.5) is 0 Å². The van der Waals surface area contributed by atoms with Crippen molar-refractivity contribution in [2.24, 2.45) is 0 Å². The molecule has 2 aromatic carbocycles. The van der Waals surface area contributed by atoms with Crippen molar-refractivity contribution in [2.45, 2.75) is 13.0 Å². The topological polar surface area (TPSA) is 76.2 Å². The Morgan fingerprint density at radius 2 is 2.08 bits per heavy atom. The molecule has 1 aromatic heterocycles. The molecular formula is C18H16ClN3O3. The average Bonchev–Trinajstić information content (AvgIpc) is 2.88. The number of halogens is 1. The summed E-state index contributed by atoms with van der Waals surface area (Å²) < 4.78 is 11.2. The Kier molecular flexibility index (Phi) is 4.19. The van der Waals surface area contributed by atoms with Crippen LogP contribution in [0.1, 0.15) is 22.6 Å². The maximum absolute atomic E-state index is 12.4. The third kappa shape index (κ3) is 3.25. The van der Waals surface area contributed by atoms with E-state index in [1.807, 2.05) is 24.3 Å². The highest BCUT2D eigenvalue weighted by Gasteiger charge is 2.18. The third-order valence-electron chi connectivity index (χ3n) is 3.92. The van der Waals surface area contributed by atoms with Crippen LogP contribution in [-0.4, -0.2) is 29.1 Å². The minimum Gasteiger partial charge on any atom is -0.489 e. The molecule has 0 radical (unpaired) electrons. The van der Waals surface area contributed by atoms with Crippen molar-refractivity contribution in [3.8, 4) is 11.5 Å². The van der Waals surface area contributed by atoms with Gasteiger partial charge in [0.15, 0.2) is 11.5 Å². The first-order chi connectivity index (χ1) is 12.2. The first-order valence-corrected chi connectivity index (χ1v) is 8.39. The molecule has 6 nitrogen and oxygen atoms in total. The Bertz CT molecular complexity index is 905. The van der Waals surface area contributed by atoms with E-state index in [-0.39, 0.29) is 5.91 Å². The highest BCUT2D eigenvalue weighted by Crippen LogP contribution is 2.37. The van der Waals surface area contributed by atoms with Crippen LogP contribution >= 0.6 is 11.6 Å². The molecule has 2 N–H and O–H groups in total. The predicted octanol–water partition coefficient (Wildman–Crippen LogP) is 3.31. The number of H-pyrrole nitrogens is 1. The largest absolute Gasteiger partial charge is 0.489 e. The van der Waals surface area contributed by atoms with E-state index in [1.54, 1.807) is 12.1 Å². The van der Waals surface area contributed by atoms with Gasteiger partial charge in [-0.1, -0.05) is 23.7 Å². The molecule has 0 spiro atoms. The quantitative estimate of drug-likeness (QED) is 0.754. The van der Waals surface area contributed by atoms with Gasteiger partial charge in [-0.05, 0) is 24.3 Å². The number of carbonyl (C=O) groups is 1. The van der Waals surface area contributed by atoms with Crippen molar-refractivity contribution in [1.82, 2.24) is 15.3 Å². The fourth-order valence-corrected chi connectivity index (χ4v) is 2.98. The van der Waals surface area contributed by atoms with Crippen molar-refractivity contribution in [3.63, 3.8) is 0 Å². The molecule has 2 heterocycles. The van der Waals surface area contributed by atoms with Gasteiger partial charge in [0.1, 0.15) is 5.82 Å². The van der Waals surface area contributed by atoms with Crippen LogP contribution in [0.15, 0.2) is 36.4 Å². The summed E-state index contributed by atoms with van der Waals surface area (Å²) in [5.74, 6) is 1.43. The van der Waals surface area contributed by atoms with Crippen molar-refractivity contribution in [1.29, 1.82) is 0 Å². The number of ether oxygens (including phenoxy) is 2. The number of para-hydroxylation sites is 2. The number of aromatic nitrogens is 2. The standard InChI is InChI=1S/C18H16ClN3O3/c19-12-8-11(9-15-17(12)25-7-3-6-24-15)18(23)20-10-16-21-13-4-1-2-5-14(13)22-16/h1-2,4-5,8-9H,3,6-7,10H2,(H,20,23)(H,21,22). The number of nitrogens with one attached hydrogen (secondary N) is 2. The molecule has 1 amide bonds. The number of imidazole rings is 1. The van der Waals surface area contributed by atoms with Crippen LogP contribution in [0.3, 0.4) is 0 Å². The second-order valence-corrected chi connectivity index (χ2v) is 6.13. The summed E-state index contributed by atoms with van der Waals surface area (Å²) in [4.78, 5) is 20.1. The zero-order valence-corrected chi connectivity index (χ0v) is 14.1. The van der Waals surface area contributed by atoms with Gasteiger partial charge in [0.25, 0.3) is 5.91 Å². The van der Waals surface area contributed by atoms with Crippen molar-refractivity contribution < 1.29 is 14.3 Å². The number of benzene rings is 2. The molecule has 1 aliphatic rings. The number of nitrogens with zero attached hydrogens (tertiary/aromatic N) is 1. The van der Waals surface area contributed by atoms with Crippen LogP contribution in [0, 0.1) is 0 Å². The van der Waals surface area contributed by atoms with Crippen LogP contribution in [0.25, 0.3) is 11.0 Å². The van der Waals surface area contributed by atoms with E-state index in [9.17, 15) is 4.79 Å². The Morgan fingerprint density at radius 3 is 2.96 bits per heavy atom. The molecule has 0 aliphatic carbocycles. The van der Waals surface area contributed by atoms with Gasteiger partial charge in [-0.3, -0.25) is 4.79 Å². The van der Waals surface area contributed by atoms with E-state index >= 15 is 0 Å². The van der Waals surface area contributed by atoms with Crippen LogP contribution in [0.5, 0.6) is 11.5 Å². The number of carbonyl (C=O) groups excluding carboxylic acids is 1. The molecule has 4 rings (SSSR count). The minimum absolute atomic E-state index is 0.252. The molecule has 0 atom stereocenters. The van der Waals surface area contributed by atoms with Crippen LogP contribution in [0.2, 0.25) is 5.02 Å². The van der Waals surface area contributed by atoms with E-state index in [1.165, 1.54) is 0 Å². The maximum atomic E-state index is 12.4. The van der Waals surface area contributed by atoms with E-state index in [2.05, 4.69) is 15.3 Å². The molecule has 0 saturated heterocycles. The van der Waals surface area contributed by atoms with Gasteiger partial charge >= 0.3 is 0 Å². The SMILES string of the molecule is O=C(NCc1nc2ccccc2[nH]1)c1cc(Cl)c2c(c1)OCCCO2. The number of fused-ring (bicyclic) bond motifs is 2. The highest BCUT2D eigenvalue weighted by molar-refractivity contribution is 6.32. The number of hydrogen-bond donors (Lipinski definition) is 2.